The first kappa shape index (κ1) is 17.3. The summed E-state index contributed by atoms with van der Waals surface area (Å²) in [7, 11) is -3.63. The summed E-state index contributed by atoms with van der Waals surface area (Å²) in [5.41, 5.74) is 10.5. The van der Waals surface area contributed by atoms with Crippen molar-refractivity contribution in [2.24, 2.45) is 0 Å². The van der Waals surface area contributed by atoms with E-state index in [1.807, 2.05) is 36.4 Å². The summed E-state index contributed by atoms with van der Waals surface area (Å²) in [5.74, 6) is -0.0358. The molecule has 4 rings (SSSR count). The number of rotatable bonds is 4. The third kappa shape index (κ3) is 2.78. The van der Waals surface area contributed by atoms with Crippen LogP contribution in [0.4, 0.5) is 5.95 Å². The molecule has 0 saturated carbocycles. The second-order valence-electron chi connectivity index (χ2n) is 6.56. The molecule has 0 radical (unpaired) electrons. The highest BCUT2D eigenvalue weighted by Gasteiger charge is 2.25. The van der Waals surface area contributed by atoms with E-state index in [4.69, 9.17) is 5.73 Å². The highest BCUT2D eigenvalue weighted by molar-refractivity contribution is 7.90. The Kier molecular flexibility index (Phi) is 4.00. The highest BCUT2D eigenvalue weighted by atomic mass is 32.2. The molecule has 2 aromatic carbocycles. The average molecular weight is 381 g/mol. The number of nitrogen functional groups attached to an aromatic ring is 1. The molecule has 0 aliphatic carbocycles. The molecule has 8 heteroatoms. The Morgan fingerprint density at radius 3 is 2.52 bits per heavy atom. The molecule has 0 amide bonds. The largest absolute Gasteiger partial charge is 0.368 e. The summed E-state index contributed by atoms with van der Waals surface area (Å²) in [6.07, 6.45) is 1.73. The second-order valence-corrected chi connectivity index (χ2v) is 8.89. The van der Waals surface area contributed by atoms with Crippen molar-refractivity contribution in [2.45, 2.75) is 19.1 Å². The standard InChI is InChI=1S/C19H19N5O2S/c1-12(2)27(25,26)24-17-10-14(8-9-16(17)22-19(24)20)15-11-21-23-18(15)13-6-4-3-5-7-13/h3-12H,1-2H3,(H2,20,22)(H,21,23). The quantitative estimate of drug-likeness (QED) is 0.564. The van der Waals surface area contributed by atoms with Crippen molar-refractivity contribution < 1.29 is 8.42 Å². The number of aromatic nitrogens is 4. The SMILES string of the molecule is CC(C)S(=O)(=O)n1c(N)nc2ccc(-c3cn[nH]c3-c3ccccc3)cc21. The van der Waals surface area contributed by atoms with Crippen molar-refractivity contribution in [2.75, 3.05) is 5.73 Å². The van der Waals surface area contributed by atoms with Gasteiger partial charge in [-0.3, -0.25) is 5.10 Å². The lowest BCUT2D eigenvalue weighted by molar-refractivity contribution is 0.580. The van der Waals surface area contributed by atoms with Crippen LogP contribution in [0.3, 0.4) is 0 Å². The van der Waals surface area contributed by atoms with Gasteiger partial charge < -0.3 is 5.73 Å². The third-order valence-electron chi connectivity index (χ3n) is 4.50. The molecule has 3 N–H and O–H groups in total. The van der Waals surface area contributed by atoms with Crippen molar-refractivity contribution in [1.82, 2.24) is 19.2 Å². The van der Waals surface area contributed by atoms with Crippen LogP contribution in [0.15, 0.2) is 54.7 Å². The van der Waals surface area contributed by atoms with E-state index in [1.165, 1.54) is 0 Å². The molecule has 0 bridgehead atoms. The van der Waals surface area contributed by atoms with Crippen LogP contribution in [0.5, 0.6) is 0 Å². The van der Waals surface area contributed by atoms with Gasteiger partial charge in [0, 0.05) is 11.1 Å². The first-order chi connectivity index (χ1) is 12.9. The van der Waals surface area contributed by atoms with Crippen LogP contribution < -0.4 is 5.73 Å². The van der Waals surface area contributed by atoms with Crippen molar-refractivity contribution >= 4 is 27.0 Å². The number of benzene rings is 2. The van der Waals surface area contributed by atoms with Crippen LogP contribution in [0.25, 0.3) is 33.4 Å². The Labute approximate surface area is 156 Å². The fourth-order valence-corrected chi connectivity index (χ4v) is 4.19. The second kappa shape index (κ2) is 6.24. The molecule has 0 unspecified atom stereocenters. The summed E-state index contributed by atoms with van der Waals surface area (Å²) in [6.45, 7) is 3.24. The minimum absolute atomic E-state index is 0.0358. The topological polar surface area (TPSA) is 107 Å². The molecule has 0 aliphatic heterocycles. The summed E-state index contributed by atoms with van der Waals surface area (Å²) in [5, 5.41) is 6.57. The Balaban J connectivity index is 1.93. The number of H-pyrrole nitrogens is 1. The molecule has 2 aromatic heterocycles. The smallest absolute Gasteiger partial charge is 0.244 e. The number of aromatic amines is 1. The molecule has 0 saturated heterocycles. The van der Waals surface area contributed by atoms with E-state index >= 15 is 0 Å². The van der Waals surface area contributed by atoms with Crippen LogP contribution >= 0.6 is 0 Å². The predicted octanol–water partition coefficient (Wildman–Crippen LogP) is 3.26. The molecule has 0 aliphatic rings. The van der Waals surface area contributed by atoms with Crippen LogP contribution in [-0.4, -0.2) is 32.8 Å². The maximum absolute atomic E-state index is 12.7. The number of hydrogen-bond donors (Lipinski definition) is 2. The van der Waals surface area contributed by atoms with Gasteiger partial charge in [-0.15, -0.1) is 0 Å². The maximum atomic E-state index is 12.7. The van der Waals surface area contributed by atoms with Gasteiger partial charge in [0.1, 0.15) is 0 Å². The first-order valence-corrected chi connectivity index (χ1v) is 10.0. The summed E-state index contributed by atoms with van der Waals surface area (Å²) < 4.78 is 26.6. The normalized spacial score (nSPS) is 12.1. The van der Waals surface area contributed by atoms with Crippen LogP contribution in [0.2, 0.25) is 0 Å². The van der Waals surface area contributed by atoms with Crippen LogP contribution in [0, 0.1) is 0 Å². The zero-order valence-electron chi connectivity index (χ0n) is 14.9. The summed E-state index contributed by atoms with van der Waals surface area (Å²) in [6, 6.07) is 15.3. The zero-order chi connectivity index (χ0) is 19.2. The minimum Gasteiger partial charge on any atom is -0.368 e. The van der Waals surface area contributed by atoms with E-state index in [9.17, 15) is 8.42 Å². The fraction of sp³-hybridized carbons (Fsp3) is 0.158. The van der Waals surface area contributed by atoms with Gasteiger partial charge >= 0.3 is 0 Å². The number of fused-ring (bicyclic) bond motifs is 1. The molecular formula is C19H19N5O2S. The summed E-state index contributed by atoms with van der Waals surface area (Å²) >= 11 is 0. The monoisotopic (exact) mass is 381 g/mol. The first-order valence-electron chi connectivity index (χ1n) is 8.51. The Morgan fingerprint density at radius 1 is 1.07 bits per heavy atom. The molecule has 0 fully saturated rings. The minimum atomic E-state index is -3.63. The van der Waals surface area contributed by atoms with E-state index in [-0.39, 0.29) is 5.95 Å². The molecular weight excluding hydrogens is 362 g/mol. The van der Waals surface area contributed by atoms with E-state index in [0.717, 1.165) is 26.4 Å². The van der Waals surface area contributed by atoms with Gasteiger partial charge in [-0.05, 0) is 31.5 Å². The highest BCUT2D eigenvalue weighted by Crippen LogP contribution is 2.33. The maximum Gasteiger partial charge on any atom is 0.244 e. The van der Waals surface area contributed by atoms with E-state index in [1.54, 1.807) is 32.2 Å². The lowest BCUT2D eigenvalue weighted by atomic mass is 10.0. The predicted molar refractivity (Wildman–Crippen MR) is 107 cm³/mol. The fourth-order valence-electron chi connectivity index (χ4n) is 3.05. The van der Waals surface area contributed by atoms with Gasteiger partial charge in [0.2, 0.25) is 16.0 Å². The lowest BCUT2D eigenvalue weighted by Gasteiger charge is -2.11. The summed E-state index contributed by atoms with van der Waals surface area (Å²) in [4.78, 5) is 4.20. The number of nitrogens with zero attached hydrogens (tertiary/aromatic N) is 3. The molecule has 4 aromatic rings. The molecule has 2 heterocycles. The Morgan fingerprint density at radius 2 is 1.81 bits per heavy atom. The van der Waals surface area contributed by atoms with Gasteiger partial charge in [-0.1, -0.05) is 36.4 Å². The van der Waals surface area contributed by atoms with E-state index in [2.05, 4.69) is 15.2 Å². The van der Waals surface area contributed by atoms with Gasteiger partial charge in [-0.2, -0.15) is 5.10 Å². The molecule has 27 heavy (non-hydrogen) atoms. The number of nitrogens with one attached hydrogen (secondary N) is 1. The van der Waals surface area contributed by atoms with E-state index < -0.39 is 15.3 Å². The third-order valence-corrected chi connectivity index (χ3v) is 6.58. The van der Waals surface area contributed by atoms with Crippen molar-refractivity contribution in [3.8, 4) is 22.4 Å². The zero-order valence-corrected chi connectivity index (χ0v) is 15.7. The molecule has 7 nitrogen and oxygen atoms in total. The number of anilines is 1. The van der Waals surface area contributed by atoms with E-state index in [0.29, 0.717) is 11.0 Å². The Bertz CT molecular complexity index is 1220. The van der Waals surface area contributed by atoms with Crippen molar-refractivity contribution in [1.29, 1.82) is 0 Å². The lowest BCUT2D eigenvalue weighted by Crippen LogP contribution is -2.23. The Hall–Kier alpha value is -3.13. The van der Waals surface area contributed by atoms with Crippen LogP contribution in [-0.2, 0) is 10.0 Å². The van der Waals surface area contributed by atoms with Crippen molar-refractivity contribution in [3.63, 3.8) is 0 Å². The average Bonchev–Trinajstić information content (AvgIpc) is 3.25. The van der Waals surface area contributed by atoms with Gasteiger partial charge in [0.15, 0.2) is 0 Å². The van der Waals surface area contributed by atoms with Crippen molar-refractivity contribution in [3.05, 3.63) is 54.7 Å². The van der Waals surface area contributed by atoms with Gasteiger partial charge in [0.25, 0.3) is 0 Å². The number of hydrogen-bond acceptors (Lipinski definition) is 5. The van der Waals surface area contributed by atoms with Gasteiger partial charge in [-0.25, -0.2) is 17.4 Å². The molecule has 0 atom stereocenters. The molecule has 0 spiro atoms. The number of imidazole rings is 1. The van der Waals surface area contributed by atoms with Gasteiger partial charge in [0.05, 0.1) is 28.2 Å². The van der Waals surface area contributed by atoms with Crippen LogP contribution in [0.1, 0.15) is 13.8 Å². The number of nitrogens with two attached hydrogens (primary N) is 1. The molecule has 138 valence electrons.